The third-order valence-electron chi connectivity index (χ3n) is 1.71. The fraction of sp³-hybridized carbons (Fsp3) is 0. The lowest BCUT2D eigenvalue weighted by Gasteiger charge is -2.00. The minimum atomic E-state index is 0.548. The molecule has 5 heteroatoms. The summed E-state index contributed by atoms with van der Waals surface area (Å²) in [5, 5.41) is 4.97. The van der Waals surface area contributed by atoms with E-state index in [9.17, 15) is 0 Å². The maximum atomic E-state index is 6.01. The number of hydrogen-bond donors (Lipinski definition) is 0. The molecule has 0 saturated heterocycles. The van der Waals surface area contributed by atoms with Crippen molar-refractivity contribution < 1.29 is 4.52 Å². The SMILES string of the molecule is Clc1ccc(-c2nocc2Br)c(Cl)c1. The van der Waals surface area contributed by atoms with Crippen LogP contribution in [0.2, 0.25) is 10.0 Å². The quantitative estimate of drug-likeness (QED) is 0.778. The second-order valence-electron chi connectivity index (χ2n) is 2.64. The van der Waals surface area contributed by atoms with Gasteiger partial charge in [0.15, 0.2) is 0 Å². The molecular formula is C9H4BrCl2NO. The number of rotatable bonds is 1. The van der Waals surface area contributed by atoms with E-state index in [0.29, 0.717) is 15.7 Å². The van der Waals surface area contributed by atoms with Crippen molar-refractivity contribution in [1.29, 1.82) is 0 Å². The predicted octanol–water partition coefficient (Wildman–Crippen LogP) is 4.41. The molecule has 2 nitrogen and oxygen atoms in total. The van der Waals surface area contributed by atoms with Gasteiger partial charge in [0.2, 0.25) is 0 Å². The molecule has 1 aromatic heterocycles. The van der Waals surface area contributed by atoms with E-state index in [1.165, 1.54) is 6.26 Å². The molecule has 2 rings (SSSR count). The third kappa shape index (κ3) is 1.80. The first-order valence-electron chi connectivity index (χ1n) is 3.74. The van der Waals surface area contributed by atoms with Crippen LogP contribution in [0.5, 0.6) is 0 Å². The van der Waals surface area contributed by atoms with Gasteiger partial charge < -0.3 is 4.52 Å². The van der Waals surface area contributed by atoms with E-state index in [0.717, 1.165) is 10.0 Å². The second kappa shape index (κ2) is 3.93. The van der Waals surface area contributed by atoms with Gasteiger partial charge in [-0.25, -0.2) is 0 Å². The highest BCUT2D eigenvalue weighted by molar-refractivity contribution is 9.10. The van der Waals surface area contributed by atoms with Crippen LogP contribution < -0.4 is 0 Å². The fourth-order valence-electron chi connectivity index (χ4n) is 1.08. The molecule has 1 heterocycles. The summed E-state index contributed by atoms with van der Waals surface area (Å²) in [6, 6.07) is 5.22. The predicted molar refractivity (Wildman–Crippen MR) is 59.7 cm³/mol. The summed E-state index contributed by atoms with van der Waals surface area (Å²) in [6.45, 7) is 0. The Kier molecular flexibility index (Phi) is 2.81. The summed E-state index contributed by atoms with van der Waals surface area (Å²) in [5.41, 5.74) is 1.46. The van der Waals surface area contributed by atoms with Crippen LogP contribution in [0.3, 0.4) is 0 Å². The summed E-state index contributed by atoms with van der Waals surface area (Å²) >= 11 is 15.1. The molecule has 0 atom stereocenters. The Labute approximate surface area is 98.9 Å². The Bertz CT molecular complexity index is 470. The van der Waals surface area contributed by atoms with Gasteiger partial charge in [-0.1, -0.05) is 28.4 Å². The maximum Gasteiger partial charge on any atom is 0.138 e. The van der Waals surface area contributed by atoms with Crippen LogP contribution in [0, 0.1) is 0 Å². The third-order valence-corrected chi connectivity index (χ3v) is 2.82. The molecule has 0 spiro atoms. The lowest BCUT2D eigenvalue weighted by atomic mass is 10.1. The van der Waals surface area contributed by atoms with Gasteiger partial charge in [-0.3, -0.25) is 0 Å². The van der Waals surface area contributed by atoms with Crippen molar-refractivity contribution in [3.63, 3.8) is 0 Å². The van der Waals surface area contributed by atoms with Crippen LogP contribution >= 0.6 is 39.1 Å². The first-order chi connectivity index (χ1) is 6.68. The van der Waals surface area contributed by atoms with Gasteiger partial charge in [0.05, 0.1) is 9.50 Å². The van der Waals surface area contributed by atoms with Gasteiger partial charge in [0.25, 0.3) is 0 Å². The molecule has 14 heavy (non-hydrogen) atoms. The highest BCUT2D eigenvalue weighted by Gasteiger charge is 2.11. The average Bonchev–Trinajstić information content (AvgIpc) is 2.52. The summed E-state index contributed by atoms with van der Waals surface area (Å²) in [7, 11) is 0. The topological polar surface area (TPSA) is 26.0 Å². The van der Waals surface area contributed by atoms with Crippen molar-refractivity contribution in [3.05, 3.63) is 39.0 Å². The molecule has 0 aliphatic carbocycles. The average molecular weight is 293 g/mol. The standard InChI is InChI=1S/C9H4BrCl2NO/c10-7-4-14-13-9(7)6-2-1-5(11)3-8(6)12/h1-4H. The monoisotopic (exact) mass is 291 g/mol. The Morgan fingerprint density at radius 1 is 1.29 bits per heavy atom. The maximum absolute atomic E-state index is 6.01. The number of aromatic nitrogens is 1. The van der Waals surface area contributed by atoms with Crippen molar-refractivity contribution in [2.45, 2.75) is 0 Å². The van der Waals surface area contributed by atoms with Gasteiger partial charge in [0, 0.05) is 10.6 Å². The molecule has 0 saturated carbocycles. The van der Waals surface area contributed by atoms with E-state index < -0.39 is 0 Å². The first kappa shape index (κ1) is 10.0. The van der Waals surface area contributed by atoms with Crippen molar-refractivity contribution in [3.8, 4) is 11.3 Å². The second-order valence-corrected chi connectivity index (χ2v) is 4.33. The van der Waals surface area contributed by atoms with E-state index >= 15 is 0 Å². The molecule has 0 aliphatic heterocycles. The largest absolute Gasteiger partial charge is 0.363 e. The molecule has 0 bridgehead atoms. The first-order valence-corrected chi connectivity index (χ1v) is 5.28. The molecular weight excluding hydrogens is 289 g/mol. The lowest BCUT2D eigenvalue weighted by molar-refractivity contribution is 0.422. The Morgan fingerprint density at radius 3 is 2.64 bits per heavy atom. The van der Waals surface area contributed by atoms with Crippen molar-refractivity contribution in [2.75, 3.05) is 0 Å². The number of benzene rings is 1. The summed E-state index contributed by atoms with van der Waals surface area (Å²) in [4.78, 5) is 0. The van der Waals surface area contributed by atoms with Crippen LogP contribution in [0.25, 0.3) is 11.3 Å². The number of hydrogen-bond acceptors (Lipinski definition) is 2. The zero-order chi connectivity index (χ0) is 10.1. The highest BCUT2D eigenvalue weighted by Crippen LogP contribution is 2.33. The Hall–Kier alpha value is -0.510. The van der Waals surface area contributed by atoms with Crippen molar-refractivity contribution in [2.24, 2.45) is 0 Å². The molecule has 0 N–H and O–H groups in total. The Morgan fingerprint density at radius 2 is 2.07 bits per heavy atom. The molecule has 2 aromatic rings. The molecule has 0 amide bonds. The lowest BCUT2D eigenvalue weighted by Crippen LogP contribution is -1.80. The van der Waals surface area contributed by atoms with Gasteiger partial charge >= 0.3 is 0 Å². The van der Waals surface area contributed by atoms with Crippen LogP contribution in [0.1, 0.15) is 0 Å². The number of halogens is 3. The minimum absolute atomic E-state index is 0.548. The summed E-state index contributed by atoms with van der Waals surface area (Å²) < 4.78 is 5.56. The molecule has 0 radical (unpaired) electrons. The van der Waals surface area contributed by atoms with E-state index in [-0.39, 0.29) is 0 Å². The smallest absolute Gasteiger partial charge is 0.138 e. The normalized spacial score (nSPS) is 10.5. The zero-order valence-electron chi connectivity index (χ0n) is 6.80. The molecule has 0 unspecified atom stereocenters. The van der Waals surface area contributed by atoms with E-state index in [1.54, 1.807) is 18.2 Å². The highest BCUT2D eigenvalue weighted by atomic mass is 79.9. The Balaban J connectivity index is 2.58. The molecule has 1 aromatic carbocycles. The molecule has 0 aliphatic rings. The fourth-order valence-corrected chi connectivity index (χ4v) is 1.95. The molecule has 72 valence electrons. The number of nitrogens with zero attached hydrogens (tertiary/aromatic N) is 1. The van der Waals surface area contributed by atoms with Gasteiger partial charge in [-0.2, -0.15) is 0 Å². The van der Waals surface area contributed by atoms with Crippen LogP contribution in [-0.2, 0) is 0 Å². The van der Waals surface area contributed by atoms with Gasteiger partial charge in [0.1, 0.15) is 12.0 Å². The minimum Gasteiger partial charge on any atom is -0.363 e. The van der Waals surface area contributed by atoms with Crippen molar-refractivity contribution in [1.82, 2.24) is 5.16 Å². The summed E-state index contributed by atoms with van der Waals surface area (Å²) in [6.07, 6.45) is 1.50. The van der Waals surface area contributed by atoms with Crippen molar-refractivity contribution >= 4 is 39.1 Å². The van der Waals surface area contributed by atoms with E-state index in [2.05, 4.69) is 21.1 Å². The molecule has 0 fully saturated rings. The summed E-state index contributed by atoms with van der Waals surface area (Å²) in [5.74, 6) is 0. The van der Waals surface area contributed by atoms with Gasteiger partial charge in [-0.05, 0) is 34.1 Å². The van der Waals surface area contributed by atoms with Crippen LogP contribution in [0.4, 0.5) is 0 Å². The van der Waals surface area contributed by atoms with E-state index in [1.807, 2.05) is 0 Å². The van der Waals surface area contributed by atoms with Gasteiger partial charge in [-0.15, -0.1) is 0 Å². The zero-order valence-corrected chi connectivity index (χ0v) is 9.90. The van der Waals surface area contributed by atoms with Crippen LogP contribution in [-0.4, -0.2) is 5.16 Å². The van der Waals surface area contributed by atoms with Crippen LogP contribution in [0.15, 0.2) is 33.5 Å². The van der Waals surface area contributed by atoms with E-state index in [4.69, 9.17) is 27.7 Å².